The average Bonchev–Trinajstić information content (AvgIpc) is 3.21. The van der Waals surface area contributed by atoms with E-state index in [4.69, 9.17) is 0 Å². The van der Waals surface area contributed by atoms with E-state index in [0.29, 0.717) is 17.7 Å². The Kier molecular flexibility index (Phi) is 5.29. The van der Waals surface area contributed by atoms with E-state index >= 15 is 0 Å². The molecule has 6 nitrogen and oxygen atoms in total. The van der Waals surface area contributed by atoms with E-state index in [1.54, 1.807) is 12.3 Å². The predicted molar refractivity (Wildman–Crippen MR) is 99.7 cm³/mol. The first-order valence-electron chi connectivity index (χ1n) is 9.69. The second-order valence-electron chi connectivity index (χ2n) is 7.50. The summed E-state index contributed by atoms with van der Waals surface area (Å²) in [5.74, 6) is 0.770. The van der Waals surface area contributed by atoms with Gasteiger partial charge in [-0.3, -0.25) is 14.7 Å². The molecular formula is C20H27N5O. The smallest absolute Gasteiger partial charge is 0.272 e. The largest absolute Gasteiger partial charge is 0.337 e. The third-order valence-corrected chi connectivity index (χ3v) is 5.73. The zero-order valence-electron chi connectivity index (χ0n) is 15.2. The summed E-state index contributed by atoms with van der Waals surface area (Å²) in [6.07, 6.45) is 12.2. The van der Waals surface area contributed by atoms with Crippen molar-refractivity contribution in [1.29, 1.82) is 0 Å². The van der Waals surface area contributed by atoms with E-state index in [0.717, 1.165) is 39.0 Å². The van der Waals surface area contributed by atoms with Gasteiger partial charge in [-0.1, -0.05) is 6.07 Å². The van der Waals surface area contributed by atoms with Gasteiger partial charge in [-0.05, 0) is 50.3 Å². The molecule has 0 saturated carbocycles. The molecule has 0 unspecified atom stereocenters. The maximum absolute atomic E-state index is 12.6. The number of pyridine rings is 1. The maximum atomic E-state index is 12.6. The highest BCUT2D eigenvalue weighted by Crippen LogP contribution is 2.25. The van der Waals surface area contributed by atoms with Crippen LogP contribution < -0.4 is 0 Å². The minimum absolute atomic E-state index is 0.0701. The van der Waals surface area contributed by atoms with Gasteiger partial charge < -0.3 is 9.47 Å². The number of carbonyl (C=O) groups excluding carboxylic acids is 1. The van der Waals surface area contributed by atoms with E-state index < -0.39 is 0 Å². The zero-order valence-corrected chi connectivity index (χ0v) is 15.2. The van der Waals surface area contributed by atoms with Gasteiger partial charge in [-0.2, -0.15) is 0 Å². The Hall–Kier alpha value is -2.21. The van der Waals surface area contributed by atoms with Crippen molar-refractivity contribution in [1.82, 2.24) is 24.3 Å². The van der Waals surface area contributed by atoms with Crippen LogP contribution in [0.25, 0.3) is 0 Å². The van der Waals surface area contributed by atoms with Crippen LogP contribution in [0.2, 0.25) is 0 Å². The van der Waals surface area contributed by atoms with Crippen LogP contribution in [0.3, 0.4) is 0 Å². The van der Waals surface area contributed by atoms with Gasteiger partial charge in [0.05, 0.1) is 6.33 Å². The summed E-state index contributed by atoms with van der Waals surface area (Å²) >= 11 is 0. The number of likely N-dealkylation sites (tertiary alicyclic amines) is 2. The SMILES string of the molecule is O=C(c1ccccn1)N1CCC(N2CCC[C@H](Cn3ccnc3)C2)CC1. The molecule has 0 radical (unpaired) electrons. The van der Waals surface area contributed by atoms with Gasteiger partial charge in [0.2, 0.25) is 0 Å². The van der Waals surface area contributed by atoms with Crippen molar-refractivity contribution in [2.75, 3.05) is 26.2 Å². The lowest BCUT2D eigenvalue weighted by atomic mass is 9.93. The summed E-state index contributed by atoms with van der Waals surface area (Å²) in [4.78, 5) is 25.5. The standard InChI is InChI=1S/C20H27N5O/c26-20(19-5-1-2-8-22-19)24-11-6-18(7-12-24)25-10-3-4-17(15-25)14-23-13-9-21-16-23/h1-2,5,8-9,13,16-18H,3-4,6-7,10-12,14-15H2/t17-/m1/s1. The van der Waals surface area contributed by atoms with E-state index in [1.165, 1.54) is 19.4 Å². The van der Waals surface area contributed by atoms with Crippen LogP contribution in [0.5, 0.6) is 0 Å². The quantitative estimate of drug-likeness (QED) is 0.846. The van der Waals surface area contributed by atoms with Crippen LogP contribution in [-0.2, 0) is 6.54 Å². The van der Waals surface area contributed by atoms with Crippen molar-refractivity contribution >= 4 is 5.91 Å². The number of aromatic nitrogens is 3. The molecule has 0 spiro atoms. The summed E-state index contributed by atoms with van der Waals surface area (Å²) in [5, 5.41) is 0. The first-order valence-corrected chi connectivity index (χ1v) is 9.69. The second kappa shape index (κ2) is 7.99. The fourth-order valence-corrected chi connectivity index (χ4v) is 4.36. The number of rotatable bonds is 4. The van der Waals surface area contributed by atoms with Crippen molar-refractivity contribution in [3.8, 4) is 0 Å². The minimum Gasteiger partial charge on any atom is -0.337 e. The number of piperidine rings is 2. The first kappa shape index (κ1) is 17.2. The van der Waals surface area contributed by atoms with E-state index in [1.807, 2.05) is 29.6 Å². The molecule has 2 fully saturated rings. The molecule has 2 aromatic rings. The third kappa shape index (κ3) is 3.96. The number of hydrogen-bond donors (Lipinski definition) is 0. The summed E-state index contributed by atoms with van der Waals surface area (Å²) in [6, 6.07) is 6.13. The van der Waals surface area contributed by atoms with Crippen LogP contribution >= 0.6 is 0 Å². The number of nitrogens with zero attached hydrogens (tertiary/aromatic N) is 5. The number of hydrogen-bond acceptors (Lipinski definition) is 4. The molecule has 2 aliphatic heterocycles. The van der Waals surface area contributed by atoms with Gasteiger partial charge in [0.25, 0.3) is 5.91 Å². The molecule has 0 aliphatic carbocycles. The topological polar surface area (TPSA) is 54.3 Å². The third-order valence-electron chi connectivity index (χ3n) is 5.73. The lowest BCUT2D eigenvalue weighted by Gasteiger charge is -2.42. The lowest BCUT2D eigenvalue weighted by Crippen LogP contribution is -2.50. The molecule has 4 heterocycles. The fourth-order valence-electron chi connectivity index (χ4n) is 4.36. The molecule has 138 valence electrons. The molecular weight excluding hydrogens is 326 g/mol. The molecule has 1 atom stereocenters. The van der Waals surface area contributed by atoms with Crippen LogP contribution in [0.1, 0.15) is 36.2 Å². The summed E-state index contributed by atoms with van der Waals surface area (Å²) < 4.78 is 2.20. The van der Waals surface area contributed by atoms with Crippen LogP contribution in [0, 0.1) is 5.92 Å². The van der Waals surface area contributed by atoms with Gasteiger partial charge >= 0.3 is 0 Å². The molecule has 26 heavy (non-hydrogen) atoms. The highest BCUT2D eigenvalue weighted by atomic mass is 16.2. The van der Waals surface area contributed by atoms with Crippen molar-refractivity contribution in [2.24, 2.45) is 5.92 Å². The summed E-state index contributed by atoms with van der Waals surface area (Å²) in [5.41, 5.74) is 0.560. The van der Waals surface area contributed by atoms with Crippen LogP contribution in [0.15, 0.2) is 43.1 Å². The average molecular weight is 353 g/mol. The Morgan fingerprint density at radius 2 is 2.00 bits per heavy atom. The predicted octanol–water partition coefficient (Wildman–Crippen LogP) is 2.29. The molecule has 2 saturated heterocycles. The first-order chi connectivity index (χ1) is 12.8. The number of carbonyl (C=O) groups is 1. The molecule has 1 amide bonds. The summed E-state index contributed by atoms with van der Waals surface area (Å²) in [6.45, 7) is 5.09. The van der Waals surface area contributed by atoms with Gasteiger partial charge in [0, 0.05) is 50.8 Å². The molecule has 0 aromatic carbocycles. The van der Waals surface area contributed by atoms with E-state index in [2.05, 4.69) is 25.6 Å². The monoisotopic (exact) mass is 353 g/mol. The molecule has 0 N–H and O–H groups in total. The highest BCUT2D eigenvalue weighted by Gasteiger charge is 2.30. The lowest BCUT2D eigenvalue weighted by molar-refractivity contribution is 0.0509. The zero-order chi connectivity index (χ0) is 17.8. The minimum atomic E-state index is 0.0701. The Balaban J connectivity index is 1.29. The van der Waals surface area contributed by atoms with Crippen LogP contribution in [-0.4, -0.2) is 62.5 Å². The second-order valence-corrected chi connectivity index (χ2v) is 7.50. The molecule has 2 aliphatic rings. The van der Waals surface area contributed by atoms with Gasteiger partial charge in [-0.25, -0.2) is 4.98 Å². The van der Waals surface area contributed by atoms with Crippen molar-refractivity contribution < 1.29 is 4.79 Å². The van der Waals surface area contributed by atoms with Crippen molar-refractivity contribution in [2.45, 2.75) is 38.3 Å². The van der Waals surface area contributed by atoms with Gasteiger partial charge in [0.15, 0.2) is 0 Å². The van der Waals surface area contributed by atoms with Crippen molar-refractivity contribution in [3.63, 3.8) is 0 Å². The Morgan fingerprint density at radius 1 is 1.12 bits per heavy atom. The van der Waals surface area contributed by atoms with Gasteiger partial charge in [-0.15, -0.1) is 0 Å². The van der Waals surface area contributed by atoms with Gasteiger partial charge in [0.1, 0.15) is 5.69 Å². The molecule has 2 aromatic heterocycles. The molecule has 0 bridgehead atoms. The highest BCUT2D eigenvalue weighted by molar-refractivity contribution is 5.92. The van der Waals surface area contributed by atoms with Crippen LogP contribution in [0.4, 0.5) is 0 Å². The Bertz CT molecular complexity index is 694. The van der Waals surface area contributed by atoms with Crippen molar-refractivity contribution in [3.05, 3.63) is 48.8 Å². The number of amides is 1. The molecule has 6 heteroatoms. The fraction of sp³-hybridized carbons (Fsp3) is 0.550. The Morgan fingerprint density at radius 3 is 2.73 bits per heavy atom. The normalized spacial score (nSPS) is 22.5. The van der Waals surface area contributed by atoms with E-state index in [-0.39, 0.29) is 5.91 Å². The van der Waals surface area contributed by atoms with E-state index in [9.17, 15) is 4.79 Å². The summed E-state index contributed by atoms with van der Waals surface area (Å²) in [7, 11) is 0. The maximum Gasteiger partial charge on any atom is 0.272 e. The Labute approximate surface area is 154 Å². The number of imidazole rings is 1. The molecule has 4 rings (SSSR count).